The number of carbonyl (C=O) groups is 1. The van der Waals surface area contributed by atoms with Crippen LogP contribution in [0.5, 0.6) is 5.75 Å². The molecule has 110 valence electrons. The highest BCUT2D eigenvalue weighted by atomic mass is 16.5. The lowest BCUT2D eigenvalue weighted by Gasteiger charge is -2.07. The second kappa shape index (κ2) is 7.89. The first kappa shape index (κ1) is 14.8. The summed E-state index contributed by atoms with van der Waals surface area (Å²) >= 11 is 0. The minimum atomic E-state index is -0.120. The summed E-state index contributed by atoms with van der Waals surface area (Å²) in [6, 6.07) is 13.1. The Morgan fingerprint density at radius 3 is 2.67 bits per heavy atom. The fraction of sp³-hybridized carbons (Fsp3) is 0.250. The highest BCUT2D eigenvalue weighted by molar-refractivity contribution is 5.93. The van der Waals surface area contributed by atoms with Gasteiger partial charge in [0.05, 0.1) is 12.2 Å². The number of rotatable bonds is 7. The number of carbonyl (C=O) groups excluding carboxylic acids is 1. The zero-order valence-electron chi connectivity index (χ0n) is 12.0. The molecule has 1 aromatic carbocycles. The Bertz CT molecular complexity index is 555. The molecule has 0 radical (unpaired) electrons. The lowest BCUT2D eigenvalue weighted by atomic mass is 10.2. The fourth-order valence-electron chi connectivity index (χ4n) is 1.76. The quantitative estimate of drug-likeness (QED) is 0.766. The number of anilines is 1. The standard InChI is InChI=1S/C16H19N3O2/c1-17-15-9-8-13(12-19-15)16(20)18-10-5-11-21-14-6-3-2-4-7-14/h2-4,6-9,12H,5,10-11H2,1H3,(H,17,19)(H,18,20). The predicted molar refractivity (Wildman–Crippen MR) is 82.7 cm³/mol. The Morgan fingerprint density at radius 2 is 2.00 bits per heavy atom. The monoisotopic (exact) mass is 285 g/mol. The van der Waals surface area contributed by atoms with E-state index < -0.39 is 0 Å². The van der Waals surface area contributed by atoms with Gasteiger partial charge in [-0.25, -0.2) is 4.98 Å². The minimum Gasteiger partial charge on any atom is -0.494 e. The molecule has 2 N–H and O–H groups in total. The fourth-order valence-corrected chi connectivity index (χ4v) is 1.76. The van der Waals surface area contributed by atoms with Gasteiger partial charge in [0.15, 0.2) is 0 Å². The first-order valence-corrected chi connectivity index (χ1v) is 6.89. The Morgan fingerprint density at radius 1 is 1.19 bits per heavy atom. The van der Waals surface area contributed by atoms with Crippen LogP contribution in [-0.2, 0) is 0 Å². The van der Waals surface area contributed by atoms with E-state index in [2.05, 4.69) is 15.6 Å². The number of pyridine rings is 1. The Kier molecular flexibility index (Phi) is 5.58. The summed E-state index contributed by atoms with van der Waals surface area (Å²) in [4.78, 5) is 16.0. The molecule has 2 aromatic rings. The van der Waals surface area contributed by atoms with E-state index in [4.69, 9.17) is 4.74 Å². The van der Waals surface area contributed by atoms with Gasteiger partial charge in [-0.3, -0.25) is 4.79 Å². The van der Waals surface area contributed by atoms with Crippen LogP contribution in [-0.4, -0.2) is 31.1 Å². The van der Waals surface area contributed by atoms with Crippen molar-refractivity contribution in [1.29, 1.82) is 0 Å². The third kappa shape index (κ3) is 4.80. The SMILES string of the molecule is CNc1ccc(C(=O)NCCCOc2ccccc2)cn1. The third-order valence-corrected chi connectivity index (χ3v) is 2.90. The average molecular weight is 285 g/mol. The van der Waals surface area contributed by atoms with Gasteiger partial charge in [0.25, 0.3) is 5.91 Å². The van der Waals surface area contributed by atoms with Gasteiger partial charge in [0.2, 0.25) is 0 Å². The number of hydrogen-bond donors (Lipinski definition) is 2. The van der Waals surface area contributed by atoms with Crippen LogP contribution in [0.4, 0.5) is 5.82 Å². The number of ether oxygens (including phenoxy) is 1. The largest absolute Gasteiger partial charge is 0.494 e. The van der Waals surface area contributed by atoms with Crippen LogP contribution in [0.15, 0.2) is 48.7 Å². The maximum atomic E-state index is 11.9. The zero-order chi connectivity index (χ0) is 14.9. The van der Waals surface area contributed by atoms with Gasteiger partial charge in [-0.15, -0.1) is 0 Å². The molecule has 5 heteroatoms. The molecule has 2 rings (SSSR count). The van der Waals surface area contributed by atoms with E-state index in [0.717, 1.165) is 18.0 Å². The van der Waals surface area contributed by atoms with Crippen LogP contribution in [0, 0.1) is 0 Å². The number of nitrogens with zero attached hydrogens (tertiary/aromatic N) is 1. The van der Waals surface area contributed by atoms with Gasteiger partial charge in [0.1, 0.15) is 11.6 Å². The highest BCUT2D eigenvalue weighted by Gasteiger charge is 2.04. The van der Waals surface area contributed by atoms with E-state index in [9.17, 15) is 4.79 Å². The van der Waals surface area contributed by atoms with E-state index in [1.807, 2.05) is 30.3 Å². The molecular weight excluding hydrogens is 266 g/mol. The summed E-state index contributed by atoms with van der Waals surface area (Å²) in [5.41, 5.74) is 0.554. The molecule has 0 saturated heterocycles. The van der Waals surface area contributed by atoms with Crippen molar-refractivity contribution >= 4 is 11.7 Å². The molecule has 0 bridgehead atoms. The Balaban J connectivity index is 1.67. The van der Waals surface area contributed by atoms with Gasteiger partial charge in [-0.1, -0.05) is 18.2 Å². The summed E-state index contributed by atoms with van der Waals surface area (Å²) < 4.78 is 5.55. The maximum absolute atomic E-state index is 11.9. The van der Waals surface area contributed by atoms with E-state index in [1.54, 1.807) is 25.4 Å². The van der Waals surface area contributed by atoms with Crippen molar-refractivity contribution < 1.29 is 9.53 Å². The molecule has 1 heterocycles. The third-order valence-electron chi connectivity index (χ3n) is 2.90. The number of hydrogen-bond acceptors (Lipinski definition) is 4. The van der Waals surface area contributed by atoms with Crippen molar-refractivity contribution in [3.05, 3.63) is 54.2 Å². The molecule has 0 aliphatic rings. The summed E-state index contributed by atoms with van der Waals surface area (Å²) in [5.74, 6) is 1.46. The van der Waals surface area contributed by atoms with Crippen molar-refractivity contribution in [2.75, 3.05) is 25.5 Å². The van der Waals surface area contributed by atoms with E-state index in [-0.39, 0.29) is 5.91 Å². The van der Waals surface area contributed by atoms with Crippen LogP contribution < -0.4 is 15.4 Å². The van der Waals surface area contributed by atoms with E-state index in [1.165, 1.54) is 0 Å². The lowest BCUT2D eigenvalue weighted by molar-refractivity contribution is 0.0951. The van der Waals surface area contributed by atoms with Crippen molar-refractivity contribution in [2.45, 2.75) is 6.42 Å². The number of nitrogens with one attached hydrogen (secondary N) is 2. The lowest BCUT2D eigenvalue weighted by Crippen LogP contribution is -2.25. The molecule has 1 aromatic heterocycles. The summed E-state index contributed by atoms with van der Waals surface area (Å²) in [7, 11) is 1.79. The first-order chi connectivity index (χ1) is 10.3. The first-order valence-electron chi connectivity index (χ1n) is 6.89. The summed E-state index contributed by atoms with van der Waals surface area (Å²) in [5, 5.41) is 5.75. The number of benzene rings is 1. The minimum absolute atomic E-state index is 0.120. The average Bonchev–Trinajstić information content (AvgIpc) is 2.55. The van der Waals surface area contributed by atoms with Crippen LogP contribution >= 0.6 is 0 Å². The second-order valence-electron chi connectivity index (χ2n) is 4.45. The molecule has 0 aliphatic heterocycles. The molecular formula is C16H19N3O2. The van der Waals surface area contributed by atoms with Gasteiger partial charge in [-0.05, 0) is 30.7 Å². The Hall–Kier alpha value is -2.56. The maximum Gasteiger partial charge on any atom is 0.252 e. The van der Waals surface area contributed by atoms with Crippen LogP contribution in [0.3, 0.4) is 0 Å². The Labute approximate surface area is 124 Å². The van der Waals surface area contributed by atoms with E-state index in [0.29, 0.717) is 18.7 Å². The van der Waals surface area contributed by atoms with Crippen LogP contribution in [0.2, 0.25) is 0 Å². The van der Waals surface area contributed by atoms with Gasteiger partial charge in [-0.2, -0.15) is 0 Å². The van der Waals surface area contributed by atoms with Crippen molar-refractivity contribution in [1.82, 2.24) is 10.3 Å². The summed E-state index contributed by atoms with van der Waals surface area (Å²) in [6.07, 6.45) is 2.31. The molecule has 0 aliphatic carbocycles. The molecule has 5 nitrogen and oxygen atoms in total. The molecule has 0 unspecified atom stereocenters. The topological polar surface area (TPSA) is 63.2 Å². The smallest absolute Gasteiger partial charge is 0.252 e. The number of amides is 1. The van der Waals surface area contributed by atoms with Crippen LogP contribution in [0.25, 0.3) is 0 Å². The second-order valence-corrected chi connectivity index (χ2v) is 4.45. The van der Waals surface area contributed by atoms with Gasteiger partial charge < -0.3 is 15.4 Å². The zero-order valence-corrected chi connectivity index (χ0v) is 12.0. The van der Waals surface area contributed by atoms with Gasteiger partial charge >= 0.3 is 0 Å². The highest BCUT2D eigenvalue weighted by Crippen LogP contribution is 2.08. The molecule has 21 heavy (non-hydrogen) atoms. The van der Waals surface area contributed by atoms with E-state index >= 15 is 0 Å². The molecule has 0 fully saturated rings. The van der Waals surface area contributed by atoms with Crippen molar-refractivity contribution in [3.63, 3.8) is 0 Å². The predicted octanol–water partition coefficient (Wildman–Crippen LogP) is 2.32. The van der Waals surface area contributed by atoms with Gasteiger partial charge in [0, 0.05) is 19.8 Å². The normalized spacial score (nSPS) is 9.95. The van der Waals surface area contributed by atoms with Crippen LogP contribution in [0.1, 0.15) is 16.8 Å². The molecule has 0 spiro atoms. The van der Waals surface area contributed by atoms with Crippen molar-refractivity contribution in [2.24, 2.45) is 0 Å². The summed E-state index contributed by atoms with van der Waals surface area (Å²) in [6.45, 7) is 1.14. The van der Waals surface area contributed by atoms with Crippen molar-refractivity contribution in [3.8, 4) is 5.75 Å². The molecule has 0 saturated carbocycles. The number of aromatic nitrogens is 1. The molecule has 1 amide bonds. The number of para-hydroxylation sites is 1. The molecule has 0 atom stereocenters.